The third kappa shape index (κ3) is 4.22. The summed E-state index contributed by atoms with van der Waals surface area (Å²) in [6.07, 6.45) is -0.809. The van der Waals surface area contributed by atoms with Gasteiger partial charge in [-0.1, -0.05) is 32.4 Å². The van der Waals surface area contributed by atoms with Gasteiger partial charge < -0.3 is 5.32 Å². The van der Waals surface area contributed by atoms with E-state index in [1.807, 2.05) is 0 Å². The lowest BCUT2D eigenvalue weighted by Gasteiger charge is -2.35. The van der Waals surface area contributed by atoms with Gasteiger partial charge in [0.15, 0.2) is 0 Å². The molecule has 0 bridgehead atoms. The Balaban J connectivity index is 2.15. The van der Waals surface area contributed by atoms with Gasteiger partial charge in [-0.3, -0.25) is 0 Å². The first-order valence-corrected chi connectivity index (χ1v) is 7.79. The maximum Gasteiger partial charge on any atom is 0.416 e. The fourth-order valence-corrected chi connectivity index (χ4v) is 3.35. The molecule has 0 amide bonds. The zero-order chi connectivity index (χ0) is 15.5. The van der Waals surface area contributed by atoms with Crippen LogP contribution in [0.4, 0.5) is 13.2 Å². The Labute approximate surface area is 124 Å². The van der Waals surface area contributed by atoms with Gasteiger partial charge in [0.25, 0.3) is 0 Å². The number of rotatable bonds is 4. The summed E-state index contributed by atoms with van der Waals surface area (Å²) in [6, 6.07) is 5.78. The van der Waals surface area contributed by atoms with Crippen molar-refractivity contribution in [3.8, 4) is 0 Å². The van der Waals surface area contributed by atoms with Gasteiger partial charge in [-0.15, -0.1) is 0 Å². The SMILES string of the molecule is CCNCC1CCC(C)CC1c1ccc(C(F)(F)F)cc1. The fraction of sp³-hybridized carbons (Fsp3) is 0.647. The Morgan fingerprint density at radius 2 is 1.81 bits per heavy atom. The molecule has 1 aromatic carbocycles. The second-order valence-electron chi connectivity index (χ2n) is 6.21. The summed E-state index contributed by atoms with van der Waals surface area (Å²) in [6.45, 7) is 6.21. The van der Waals surface area contributed by atoms with Crippen LogP contribution < -0.4 is 5.32 Å². The van der Waals surface area contributed by atoms with E-state index >= 15 is 0 Å². The minimum absolute atomic E-state index is 0.370. The highest BCUT2D eigenvalue weighted by Crippen LogP contribution is 2.41. The smallest absolute Gasteiger partial charge is 0.317 e. The minimum Gasteiger partial charge on any atom is -0.317 e. The number of hydrogen-bond acceptors (Lipinski definition) is 1. The molecule has 1 fully saturated rings. The van der Waals surface area contributed by atoms with Crippen molar-refractivity contribution in [1.29, 1.82) is 0 Å². The number of hydrogen-bond donors (Lipinski definition) is 1. The van der Waals surface area contributed by atoms with Crippen LogP contribution in [0.25, 0.3) is 0 Å². The molecule has 1 nitrogen and oxygen atoms in total. The van der Waals surface area contributed by atoms with Gasteiger partial charge >= 0.3 is 6.18 Å². The van der Waals surface area contributed by atoms with Gasteiger partial charge in [0.05, 0.1) is 5.56 Å². The van der Waals surface area contributed by atoms with Gasteiger partial charge in [-0.2, -0.15) is 13.2 Å². The third-order valence-electron chi connectivity index (χ3n) is 4.58. The molecule has 2 rings (SSSR count). The molecule has 0 heterocycles. The summed E-state index contributed by atoms with van der Waals surface area (Å²) in [5, 5.41) is 3.39. The van der Waals surface area contributed by atoms with Gasteiger partial charge in [0.2, 0.25) is 0 Å². The largest absolute Gasteiger partial charge is 0.416 e. The maximum absolute atomic E-state index is 12.7. The van der Waals surface area contributed by atoms with Crippen LogP contribution in [0.2, 0.25) is 0 Å². The van der Waals surface area contributed by atoms with E-state index in [0.29, 0.717) is 17.8 Å². The highest BCUT2D eigenvalue weighted by Gasteiger charge is 2.32. The third-order valence-corrected chi connectivity index (χ3v) is 4.58. The first-order valence-electron chi connectivity index (χ1n) is 7.79. The molecule has 0 radical (unpaired) electrons. The molecular weight excluding hydrogens is 275 g/mol. The highest BCUT2D eigenvalue weighted by atomic mass is 19.4. The van der Waals surface area contributed by atoms with E-state index in [1.54, 1.807) is 12.1 Å². The Bertz CT molecular complexity index is 436. The summed E-state index contributed by atoms with van der Waals surface area (Å²) in [4.78, 5) is 0. The van der Waals surface area contributed by atoms with Crippen LogP contribution in [0.1, 0.15) is 50.2 Å². The second kappa shape index (κ2) is 6.82. The minimum atomic E-state index is -4.25. The topological polar surface area (TPSA) is 12.0 Å². The standard InChI is InChI=1S/C17H24F3N/c1-3-21-11-14-5-4-12(2)10-16(14)13-6-8-15(9-7-13)17(18,19)20/h6-9,12,14,16,21H,3-5,10-11H2,1-2H3. The predicted octanol–water partition coefficient (Wildman–Crippen LogP) is 4.83. The summed E-state index contributed by atoms with van der Waals surface area (Å²) >= 11 is 0. The molecule has 4 heteroatoms. The van der Waals surface area contributed by atoms with E-state index in [2.05, 4.69) is 19.2 Å². The van der Waals surface area contributed by atoms with Gasteiger partial charge in [-0.25, -0.2) is 0 Å². The molecule has 118 valence electrons. The van der Waals surface area contributed by atoms with E-state index in [9.17, 15) is 13.2 Å². The van der Waals surface area contributed by atoms with Gasteiger partial charge in [0, 0.05) is 0 Å². The summed E-state index contributed by atoms with van der Waals surface area (Å²) in [5.41, 5.74) is 0.496. The molecule has 1 aromatic rings. The van der Waals surface area contributed by atoms with Crippen molar-refractivity contribution in [2.75, 3.05) is 13.1 Å². The van der Waals surface area contributed by atoms with E-state index in [1.165, 1.54) is 18.6 Å². The van der Waals surface area contributed by atoms with E-state index in [0.717, 1.165) is 31.5 Å². The van der Waals surface area contributed by atoms with E-state index < -0.39 is 11.7 Å². The van der Waals surface area contributed by atoms with Crippen molar-refractivity contribution in [3.63, 3.8) is 0 Å². The fourth-order valence-electron chi connectivity index (χ4n) is 3.35. The lowest BCUT2D eigenvalue weighted by molar-refractivity contribution is -0.137. The Kier molecular flexibility index (Phi) is 5.31. The maximum atomic E-state index is 12.7. The Morgan fingerprint density at radius 1 is 1.14 bits per heavy atom. The molecule has 1 saturated carbocycles. The average molecular weight is 299 g/mol. The number of alkyl halides is 3. The number of halogens is 3. The van der Waals surface area contributed by atoms with Crippen LogP contribution in [0.3, 0.4) is 0 Å². The Morgan fingerprint density at radius 3 is 2.38 bits per heavy atom. The number of nitrogens with one attached hydrogen (secondary N) is 1. The lowest BCUT2D eigenvalue weighted by Crippen LogP contribution is -2.31. The zero-order valence-corrected chi connectivity index (χ0v) is 12.7. The predicted molar refractivity (Wildman–Crippen MR) is 79.2 cm³/mol. The van der Waals surface area contributed by atoms with Crippen LogP contribution >= 0.6 is 0 Å². The molecule has 3 unspecified atom stereocenters. The van der Waals surface area contributed by atoms with E-state index in [-0.39, 0.29) is 0 Å². The van der Waals surface area contributed by atoms with Gasteiger partial charge in [-0.05, 0) is 61.4 Å². The summed E-state index contributed by atoms with van der Waals surface area (Å²) in [7, 11) is 0. The second-order valence-corrected chi connectivity index (χ2v) is 6.21. The molecule has 21 heavy (non-hydrogen) atoms. The van der Waals surface area contributed by atoms with Crippen molar-refractivity contribution in [2.24, 2.45) is 11.8 Å². The monoisotopic (exact) mass is 299 g/mol. The van der Waals surface area contributed by atoms with Crippen LogP contribution in [0.5, 0.6) is 0 Å². The molecule has 3 atom stereocenters. The normalized spacial score (nSPS) is 26.8. The quantitative estimate of drug-likeness (QED) is 0.839. The molecule has 0 spiro atoms. The summed E-state index contributed by atoms with van der Waals surface area (Å²) in [5.74, 6) is 1.54. The van der Waals surface area contributed by atoms with Crippen molar-refractivity contribution in [3.05, 3.63) is 35.4 Å². The summed E-state index contributed by atoms with van der Waals surface area (Å²) < 4.78 is 38.0. The van der Waals surface area contributed by atoms with Crippen LogP contribution in [0, 0.1) is 11.8 Å². The molecule has 0 aliphatic heterocycles. The van der Waals surface area contributed by atoms with Crippen molar-refractivity contribution < 1.29 is 13.2 Å². The van der Waals surface area contributed by atoms with Crippen LogP contribution in [-0.2, 0) is 6.18 Å². The molecular formula is C17H24F3N. The van der Waals surface area contributed by atoms with Crippen LogP contribution in [0.15, 0.2) is 24.3 Å². The first-order chi connectivity index (χ1) is 9.91. The van der Waals surface area contributed by atoms with Crippen LogP contribution in [-0.4, -0.2) is 13.1 Å². The van der Waals surface area contributed by atoms with Crippen molar-refractivity contribution in [2.45, 2.75) is 45.2 Å². The van der Waals surface area contributed by atoms with Gasteiger partial charge in [0.1, 0.15) is 0 Å². The molecule has 1 aliphatic carbocycles. The van der Waals surface area contributed by atoms with E-state index in [4.69, 9.17) is 0 Å². The Hall–Kier alpha value is -1.03. The highest BCUT2D eigenvalue weighted by molar-refractivity contribution is 5.28. The number of benzene rings is 1. The molecule has 1 N–H and O–H groups in total. The first kappa shape index (κ1) is 16.3. The molecule has 0 aromatic heterocycles. The lowest BCUT2D eigenvalue weighted by atomic mass is 9.71. The molecule has 0 saturated heterocycles. The molecule has 1 aliphatic rings. The zero-order valence-electron chi connectivity index (χ0n) is 12.7. The average Bonchev–Trinajstić information content (AvgIpc) is 2.45. The van der Waals surface area contributed by atoms with Crippen molar-refractivity contribution >= 4 is 0 Å². The van der Waals surface area contributed by atoms with Crippen molar-refractivity contribution in [1.82, 2.24) is 5.32 Å².